The van der Waals surface area contributed by atoms with Crippen molar-refractivity contribution in [2.24, 2.45) is 0 Å². The Morgan fingerprint density at radius 1 is 0.267 bits per heavy atom. The third kappa shape index (κ3) is 6.32. The lowest BCUT2D eigenvalue weighted by Crippen LogP contribution is -2.10. The number of hydrogen-bond donors (Lipinski definition) is 0. The third-order valence-electron chi connectivity index (χ3n) is 11.8. The number of nitrogens with zero attached hydrogens (tertiary/aromatic N) is 2. The summed E-state index contributed by atoms with van der Waals surface area (Å²) in [5, 5.41) is 5.02. The van der Waals surface area contributed by atoms with Crippen LogP contribution in [0.1, 0.15) is 0 Å². The van der Waals surface area contributed by atoms with E-state index in [1.807, 2.05) is 0 Å². The first kappa shape index (κ1) is 35.2. The van der Waals surface area contributed by atoms with Crippen molar-refractivity contribution < 1.29 is 0 Å². The highest BCUT2D eigenvalue weighted by Gasteiger charge is 2.20. The molecule has 282 valence electrons. The number of anilines is 3. The highest BCUT2D eigenvalue weighted by molar-refractivity contribution is 6.10. The first-order valence-electron chi connectivity index (χ1n) is 20.6. The summed E-state index contributed by atoms with van der Waals surface area (Å²) in [6.07, 6.45) is 0. The number of fused-ring (bicyclic) bond motifs is 4. The van der Waals surface area contributed by atoms with Crippen LogP contribution in [0.25, 0.3) is 82.8 Å². The van der Waals surface area contributed by atoms with Crippen LogP contribution in [0.2, 0.25) is 0 Å². The van der Waals surface area contributed by atoms with E-state index in [4.69, 9.17) is 0 Å². The number of hydrogen-bond acceptors (Lipinski definition) is 1. The van der Waals surface area contributed by atoms with Gasteiger partial charge in [0, 0.05) is 33.4 Å². The fourth-order valence-electron chi connectivity index (χ4n) is 8.89. The van der Waals surface area contributed by atoms with Crippen molar-refractivity contribution in [3.8, 4) is 50.2 Å². The topological polar surface area (TPSA) is 8.17 Å². The molecule has 0 amide bonds. The standard InChI is InChI=1S/C58H40N2/c1-3-16-45(17-4-1)55-40-50(37-38-51(55)52-21-9-12-24-56(52)60-57-25-13-10-22-53(57)54-23-11-14-26-58(54)60)59(48-19-5-2-6-20-48)49-35-33-43(34-36-49)42-27-29-44(30-28-42)47-32-31-41-15-7-8-18-46(41)39-47/h1-40H. The van der Waals surface area contributed by atoms with Crippen molar-refractivity contribution >= 4 is 49.6 Å². The average molecular weight is 765 g/mol. The Hall–Kier alpha value is -7.94. The minimum absolute atomic E-state index is 1.09. The highest BCUT2D eigenvalue weighted by atomic mass is 15.1. The molecule has 0 saturated carbocycles. The van der Waals surface area contributed by atoms with Crippen LogP contribution in [0.3, 0.4) is 0 Å². The molecule has 0 atom stereocenters. The summed E-state index contributed by atoms with van der Waals surface area (Å²) in [7, 11) is 0. The summed E-state index contributed by atoms with van der Waals surface area (Å²) >= 11 is 0. The first-order chi connectivity index (χ1) is 29.8. The van der Waals surface area contributed by atoms with Gasteiger partial charge in [-0.2, -0.15) is 0 Å². The fraction of sp³-hybridized carbons (Fsp3) is 0. The zero-order chi connectivity index (χ0) is 39.8. The molecule has 10 aromatic carbocycles. The molecule has 0 N–H and O–H groups in total. The third-order valence-corrected chi connectivity index (χ3v) is 11.8. The summed E-state index contributed by atoms with van der Waals surface area (Å²) < 4.78 is 2.43. The Labute approximate surface area is 350 Å². The van der Waals surface area contributed by atoms with Crippen LogP contribution in [0, 0.1) is 0 Å². The highest BCUT2D eigenvalue weighted by Crippen LogP contribution is 2.44. The molecule has 0 aliphatic rings. The van der Waals surface area contributed by atoms with Crippen LogP contribution in [-0.4, -0.2) is 4.57 Å². The van der Waals surface area contributed by atoms with Gasteiger partial charge in [0.25, 0.3) is 0 Å². The van der Waals surface area contributed by atoms with E-state index in [0.29, 0.717) is 0 Å². The molecule has 11 aromatic rings. The first-order valence-corrected chi connectivity index (χ1v) is 20.6. The van der Waals surface area contributed by atoms with E-state index in [2.05, 4.69) is 252 Å². The van der Waals surface area contributed by atoms with Crippen molar-refractivity contribution in [1.82, 2.24) is 4.57 Å². The normalized spacial score (nSPS) is 11.3. The maximum Gasteiger partial charge on any atom is 0.0541 e. The van der Waals surface area contributed by atoms with E-state index in [1.165, 1.54) is 77.1 Å². The van der Waals surface area contributed by atoms with E-state index in [9.17, 15) is 0 Å². The lowest BCUT2D eigenvalue weighted by atomic mass is 9.92. The SMILES string of the molecule is c1ccc(-c2cc(N(c3ccccc3)c3ccc(-c4ccc(-c5ccc6ccccc6c5)cc4)cc3)ccc2-c2ccccc2-n2c3ccccc3c3ccccc32)cc1. The lowest BCUT2D eigenvalue weighted by Gasteiger charge is -2.27. The second kappa shape index (κ2) is 15.1. The summed E-state index contributed by atoms with van der Waals surface area (Å²) in [5.74, 6) is 0. The van der Waals surface area contributed by atoms with E-state index in [-0.39, 0.29) is 0 Å². The molecule has 2 heteroatoms. The molecule has 0 aliphatic heterocycles. The Balaban J connectivity index is 1.00. The van der Waals surface area contributed by atoms with Crippen molar-refractivity contribution in [2.75, 3.05) is 4.90 Å². The van der Waals surface area contributed by atoms with Gasteiger partial charge in [-0.1, -0.05) is 182 Å². The van der Waals surface area contributed by atoms with Crippen LogP contribution in [-0.2, 0) is 0 Å². The molecule has 0 unspecified atom stereocenters. The van der Waals surface area contributed by atoms with Crippen molar-refractivity contribution in [3.05, 3.63) is 243 Å². The molecule has 0 fully saturated rings. The summed E-state index contributed by atoms with van der Waals surface area (Å²) in [6.45, 7) is 0. The van der Waals surface area contributed by atoms with Crippen molar-refractivity contribution in [3.63, 3.8) is 0 Å². The van der Waals surface area contributed by atoms with E-state index in [1.54, 1.807) is 0 Å². The smallest absolute Gasteiger partial charge is 0.0541 e. The Kier molecular flexibility index (Phi) is 8.87. The molecule has 60 heavy (non-hydrogen) atoms. The van der Waals surface area contributed by atoms with Gasteiger partial charge in [-0.05, 0) is 110 Å². The number of benzene rings is 10. The van der Waals surface area contributed by atoms with Gasteiger partial charge in [0.1, 0.15) is 0 Å². The van der Waals surface area contributed by atoms with E-state index < -0.39 is 0 Å². The Morgan fingerprint density at radius 3 is 1.47 bits per heavy atom. The monoisotopic (exact) mass is 764 g/mol. The largest absolute Gasteiger partial charge is 0.310 e. The minimum Gasteiger partial charge on any atom is -0.310 e. The number of para-hydroxylation sites is 4. The quantitative estimate of drug-likeness (QED) is 0.150. The predicted octanol–water partition coefficient (Wildman–Crippen LogP) is 16.1. The van der Waals surface area contributed by atoms with Gasteiger partial charge < -0.3 is 9.47 Å². The molecule has 2 nitrogen and oxygen atoms in total. The predicted molar refractivity (Wildman–Crippen MR) is 255 cm³/mol. The van der Waals surface area contributed by atoms with Crippen LogP contribution in [0.15, 0.2) is 243 Å². The van der Waals surface area contributed by atoms with Crippen LogP contribution >= 0.6 is 0 Å². The molecule has 0 aliphatic carbocycles. The van der Waals surface area contributed by atoms with Gasteiger partial charge >= 0.3 is 0 Å². The van der Waals surface area contributed by atoms with Gasteiger partial charge in [-0.3, -0.25) is 0 Å². The van der Waals surface area contributed by atoms with Gasteiger partial charge in [0.05, 0.1) is 16.7 Å². The summed E-state index contributed by atoms with van der Waals surface area (Å²) in [5.41, 5.74) is 16.3. The summed E-state index contributed by atoms with van der Waals surface area (Å²) in [6, 6.07) is 87.8. The molecule has 0 saturated heterocycles. The maximum absolute atomic E-state index is 2.43. The molecule has 0 spiro atoms. The van der Waals surface area contributed by atoms with Crippen molar-refractivity contribution in [2.45, 2.75) is 0 Å². The molecular formula is C58H40N2. The molecule has 0 radical (unpaired) electrons. The summed E-state index contributed by atoms with van der Waals surface area (Å²) in [4.78, 5) is 2.36. The molecule has 1 aromatic heterocycles. The maximum atomic E-state index is 2.43. The Morgan fingerprint density at radius 2 is 0.767 bits per heavy atom. The van der Waals surface area contributed by atoms with Crippen LogP contribution < -0.4 is 4.90 Å². The molecular weight excluding hydrogens is 725 g/mol. The van der Waals surface area contributed by atoms with Gasteiger partial charge in [0.2, 0.25) is 0 Å². The van der Waals surface area contributed by atoms with Gasteiger partial charge in [-0.15, -0.1) is 0 Å². The second-order valence-electron chi connectivity index (χ2n) is 15.3. The van der Waals surface area contributed by atoms with Crippen LogP contribution in [0.4, 0.5) is 17.1 Å². The van der Waals surface area contributed by atoms with E-state index >= 15 is 0 Å². The lowest BCUT2D eigenvalue weighted by molar-refractivity contribution is 1.18. The average Bonchev–Trinajstić information content (AvgIpc) is 3.67. The zero-order valence-corrected chi connectivity index (χ0v) is 33.0. The minimum atomic E-state index is 1.09. The second-order valence-corrected chi connectivity index (χ2v) is 15.3. The van der Waals surface area contributed by atoms with Crippen molar-refractivity contribution in [1.29, 1.82) is 0 Å². The fourth-order valence-corrected chi connectivity index (χ4v) is 8.89. The zero-order valence-electron chi connectivity index (χ0n) is 33.0. The Bertz CT molecular complexity index is 3240. The van der Waals surface area contributed by atoms with E-state index in [0.717, 1.165) is 22.7 Å². The number of rotatable bonds is 8. The van der Waals surface area contributed by atoms with Crippen LogP contribution in [0.5, 0.6) is 0 Å². The molecule has 0 bridgehead atoms. The molecule has 1 heterocycles. The molecule has 11 rings (SSSR count). The van der Waals surface area contributed by atoms with Gasteiger partial charge in [-0.25, -0.2) is 0 Å². The van der Waals surface area contributed by atoms with Gasteiger partial charge in [0.15, 0.2) is 0 Å². The number of aromatic nitrogens is 1.